The first kappa shape index (κ1) is 19.9. The molecule has 0 spiro atoms. The molecule has 1 aromatic heterocycles. The van der Waals surface area contributed by atoms with E-state index in [2.05, 4.69) is 20.6 Å². The molecule has 0 aliphatic heterocycles. The molecule has 0 saturated heterocycles. The van der Waals surface area contributed by atoms with Crippen molar-refractivity contribution in [1.82, 2.24) is 15.3 Å². The molecular formula is C20H23N5O2S. The summed E-state index contributed by atoms with van der Waals surface area (Å²) in [6.07, 6.45) is 0. The van der Waals surface area contributed by atoms with E-state index in [9.17, 15) is 9.59 Å². The summed E-state index contributed by atoms with van der Waals surface area (Å²) < 4.78 is 0. The van der Waals surface area contributed by atoms with E-state index in [1.165, 1.54) is 11.8 Å². The van der Waals surface area contributed by atoms with Crippen LogP contribution in [0.1, 0.15) is 28.4 Å². The monoisotopic (exact) mass is 397 g/mol. The standard InChI is InChI=1S/C20H23N5O2S/c1-13(19-24-16-8-4-5-9-17(16)25-19)28-12-18(26)23-15-7-3-2-6-14(15)20(27)22-11-10-21/h2-9,13H,10-12,21H2,1H3,(H,22,27)(H,23,26)(H,24,25). The van der Waals surface area contributed by atoms with Crippen LogP contribution in [-0.4, -0.2) is 40.6 Å². The summed E-state index contributed by atoms with van der Waals surface area (Å²) in [5.74, 6) is 0.647. The van der Waals surface area contributed by atoms with Crippen LogP contribution < -0.4 is 16.4 Å². The predicted octanol–water partition coefficient (Wildman–Crippen LogP) is 2.68. The number of H-pyrrole nitrogens is 1. The number of nitrogens with two attached hydrogens (primary N) is 1. The molecular weight excluding hydrogens is 374 g/mol. The number of aromatic amines is 1. The number of thioether (sulfide) groups is 1. The molecule has 8 heteroatoms. The lowest BCUT2D eigenvalue weighted by Gasteiger charge is -2.12. The fraction of sp³-hybridized carbons (Fsp3) is 0.250. The van der Waals surface area contributed by atoms with E-state index in [4.69, 9.17) is 5.73 Å². The zero-order chi connectivity index (χ0) is 19.9. The van der Waals surface area contributed by atoms with Crippen LogP contribution in [0.3, 0.4) is 0 Å². The number of amides is 2. The second kappa shape index (κ2) is 9.38. The largest absolute Gasteiger partial charge is 0.351 e. The second-order valence-corrected chi connectivity index (χ2v) is 7.56. The highest BCUT2D eigenvalue weighted by molar-refractivity contribution is 8.00. The Morgan fingerprint density at radius 1 is 1.18 bits per heavy atom. The SMILES string of the molecule is CC(SCC(=O)Nc1ccccc1C(=O)NCCN)c1nc2ccccc2[nH]1. The maximum absolute atomic E-state index is 12.4. The minimum atomic E-state index is -0.260. The smallest absolute Gasteiger partial charge is 0.253 e. The molecule has 0 saturated carbocycles. The second-order valence-electron chi connectivity index (χ2n) is 6.23. The van der Waals surface area contributed by atoms with Gasteiger partial charge in [-0.25, -0.2) is 4.98 Å². The van der Waals surface area contributed by atoms with E-state index in [-0.39, 0.29) is 22.8 Å². The summed E-state index contributed by atoms with van der Waals surface area (Å²) in [7, 11) is 0. The third kappa shape index (κ3) is 4.90. The molecule has 7 nitrogen and oxygen atoms in total. The molecule has 0 radical (unpaired) electrons. The Bertz CT molecular complexity index is 939. The van der Waals surface area contributed by atoms with Gasteiger partial charge in [0.25, 0.3) is 5.91 Å². The average Bonchev–Trinajstić information content (AvgIpc) is 3.15. The molecule has 3 rings (SSSR count). The highest BCUT2D eigenvalue weighted by Crippen LogP contribution is 2.28. The van der Waals surface area contributed by atoms with Gasteiger partial charge < -0.3 is 21.4 Å². The maximum Gasteiger partial charge on any atom is 0.253 e. The number of carbonyl (C=O) groups excluding carboxylic acids is 2. The fourth-order valence-electron chi connectivity index (χ4n) is 2.70. The van der Waals surface area contributed by atoms with Crippen LogP contribution in [0.4, 0.5) is 5.69 Å². The normalized spacial score (nSPS) is 11.9. The van der Waals surface area contributed by atoms with Gasteiger partial charge in [-0.1, -0.05) is 24.3 Å². The lowest BCUT2D eigenvalue weighted by atomic mass is 10.1. The highest BCUT2D eigenvalue weighted by Gasteiger charge is 2.16. The van der Waals surface area contributed by atoms with Crippen LogP contribution in [0.2, 0.25) is 0 Å². The van der Waals surface area contributed by atoms with Gasteiger partial charge in [0.1, 0.15) is 5.82 Å². The van der Waals surface area contributed by atoms with Crippen molar-refractivity contribution in [1.29, 1.82) is 0 Å². The van der Waals surface area contributed by atoms with Crippen molar-refractivity contribution in [2.24, 2.45) is 5.73 Å². The van der Waals surface area contributed by atoms with E-state index in [1.54, 1.807) is 24.3 Å². The van der Waals surface area contributed by atoms with Crippen molar-refractivity contribution < 1.29 is 9.59 Å². The zero-order valence-electron chi connectivity index (χ0n) is 15.6. The number of carbonyl (C=O) groups is 2. The van der Waals surface area contributed by atoms with Crippen molar-refractivity contribution in [2.75, 3.05) is 24.2 Å². The number of benzene rings is 2. The first-order chi connectivity index (χ1) is 13.6. The van der Waals surface area contributed by atoms with Gasteiger partial charge >= 0.3 is 0 Å². The van der Waals surface area contributed by atoms with Gasteiger partial charge in [-0.15, -0.1) is 11.8 Å². The van der Waals surface area contributed by atoms with Crippen molar-refractivity contribution in [3.63, 3.8) is 0 Å². The number of hydrogen-bond acceptors (Lipinski definition) is 5. The number of aromatic nitrogens is 2. The predicted molar refractivity (Wildman–Crippen MR) is 113 cm³/mol. The van der Waals surface area contributed by atoms with Gasteiger partial charge in [-0.3, -0.25) is 9.59 Å². The van der Waals surface area contributed by atoms with E-state index in [0.29, 0.717) is 24.3 Å². The Morgan fingerprint density at radius 3 is 2.71 bits per heavy atom. The summed E-state index contributed by atoms with van der Waals surface area (Å²) in [4.78, 5) is 32.5. The quantitative estimate of drug-likeness (QED) is 0.467. The Kier molecular flexibility index (Phi) is 6.67. The molecule has 1 heterocycles. The molecule has 3 aromatic rings. The number of fused-ring (bicyclic) bond motifs is 1. The van der Waals surface area contributed by atoms with Crippen LogP contribution in [-0.2, 0) is 4.79 Å². The third-order valence-electron chi connectivity index (χ3n) is 4.13. The molecule has 2 amide bonds. The van der Waals surface area contributed by atoms with Crippen molar-refractivity contribution in [3.8, 4) is 0 Å². The number of nitrogens with zero attached hydrogens (tertiary/aromatic N) is 1. The van der Waals surface area contributed by atoms with Crippen molar-refractivity contribution in [3.05, 3.63) is 59.9 Å². The summed E-state index contributed by atoms with van der Waals surface area (Å²) in [6.45, 7) is 2.74. The number of anilines is 1. The number of rotatable bonds is 8. The summed E-state index contributed by atoms with van der Waals surface area (Å²) in [6, 6.07) is 14.7. The molecule has 1 atom stereocenters. The molecule has 0 aliphatic carbocycles. The average molecular weight is 398 g/mol. The fourth-order valence-corrected chi connectivity index (χ4v) is 3.45. The summed E-state index contributed by atoms with van der Waals surface area (Å²) in [5.41, 5.74) is 8.21. The highest BCUT2D eigenvalue weighted by atomic mass is 32.2. The Hall–Kier alpha value is -2.84. The van der Waals surface area contributed by atoms with E-state index in [1.807, 2.05) is 31.2 Å². The van der Waals surface area contributed by atoms with Gasteiger partial charge in [0.15, 0.2) is 0 Å². The lowest BCUT2D eigenvalue weighted by Crippen LogP contribution is -2.30. The van der Waals surface area contributed by atoms with Gasteiger partial charge in [0.2, 0.25) is 5.91 Å². The zero-order valence-corrected chi connectivity index (χ0v) is 16.4. The number of hydrogen-bond donors (Lipinski definition) is 4. The van der Waals surface area contributed by atoms with Gasteiger partial charge in [-0.2, -0.15) is 0 Å². The first-order valence-electron chi connectivity index (χ1n) is 9.02. The number of nitrogens with one attached hydrogen (secondary N) is 3. The van der Waals surface area contributed by atoms with Gasteiger partial charge in [0, 0.05) is 13.1 Å². The minimum absolute atomic E-state index is 0.0289. The van der Waals surface area contributed by atoms with Gasteiger partial charge in [0.05, 0.1) is 33.3 Å². The third-order valence-corrected chi connectivity index (χ3v) is 5.28. The van der Waals surface area contributed by atoms with Gasteiger partial charge in [-0.05, 0) is 31.2 Å². The topological polar surface area (TPSA) is 113 Å². The van der Waals surface area contributed by atoms with Crippen molar-refractivity contribution in [2.45, 2.75) is 12.2 Å². The van der Waals surface area contributed by atoms with E-state index < -0.39 is 0 Å². The molecule has 146 valence electrons. The minimum Gasteiger partial charge on any atom is -0.351 e. The van der Waals surface area contributed by atoms with Crippen molar-refractivity contribution >= 4 is 40.3 Å². The Morgan fingerprint density at radius 2 is 1.93 bits per heavy atom. The summed E-state index contributed by atoms with van der Waals surface area (Å²) >= 11 is 1.48. The van der Waals surface area contributed by atoms with E-state index >= 15 is 0 Å². The van der Waals surface area contributed by atoms with Crippen LogP contribution in [0.15, 0.2) is 48.5 Å². The molecule has 0 fully saturated rings. The molecule has 0 aliphatic rings. The lowest BCUT2D eigenvalue weighted by molar-refractivity contribution is -0.113. The molecule has 2 aromatic carbocycles. The number of imidazole rings is 1. The maximum atomic E-state index is 12.4. The van der Waals surface area contributed by atoms with Crippen LogP contribution in [0.5, 0.6) is 0 Å². The molecule has 0 bridgehead atoms. The van der Waals surface area contributed by atoms with Crippen LogP contribution in [0.25, 0.3) is 11.0 Å². The molecule has 5 N–H and O–H groups in total. The Labute approximate surface area is 167 Å². The first-order valence-corrected chi connectivity index (χ1v) is 10.1. The van der Waals surface area contributed by atoms with Crippen LogP contribution in [0, 0.1) is 0 Å². The molecule has 1 unspecified atom stereocenters. The summed E-state index contributed by atoms with van der Waals surface area (Å²) in [5, 5.41) is 5.56. The Balaban J connectivity index is 1.59. The molecule has 28 heavy (non-hydrogen) atoms. The number of para-hydroxylation sites is 3. The van der Waals surface area contributed by atoms with Crippen LogP contribution >= 0.6 is 11.8 Å². The van der Waals surface area contributed by atoms with E-state index in [0.717, 1.165) is 16.9 Å².